The molecule has 0 unspecified atom stereocenters. The quantitative estimate of drug-likeness (QED) is 0.248. The van der Waals surface area contributed by atoms with Crippen LogP contribution in [0.15, 0.2) is 66.9 Å². The Bertz CT molecular complexity index is 1690. The van der Waals surface area contributed by atoms with E-state index >= 15 is 0 Å². The van der Waals surface area contributed by atoms with E-state index in [2.05, 4.69) is 37.9 Å². The van der Waals surface area contributed by atoms with Crippen LogP contribution in [0.2, 0.25) is 0 Å². The second-order valence-electron chi connectivity index (χ2n) is 9.39. The molecule has 220 valence electrons. The van der Waals surface area contributed by atoms with Gasteiger partial charge in [0.15, 0.2) is 11.6 Å². The fourth-order valence-corrected chi connectivity index (χ4v) is 3.94. The number of pyridine rings is 1. The predicted octanol–water partition coefficient (Wildman–Crippen LogP) is 5.05. The molecule has 3 N–H and O–H groups in total. The summed E-state index contributed by atoms with van der Waals surface area (Å²) in [5.74, 6) is 4.38. The van der Waals surface area contributed by atoms with E-state index in [1.54, 1.807) is 19.1 Å². The van der Waals surface area contributed by atoms with Gasteiger partial charge >= 0.3 is 12.1 Å². The molecular formula is C31H28F2N6O4. The smallest absolute Gasteiger partial charge is 0.343 e. The minimum Gasteiger partial charge on any atom is -0.454 e. The maximum atomic E-state index is 14.7. The van der Waals surface area contributed by atoms with E-state index in [1.165, 1.54) is 47.3 Å². The lowest BCUT2D eigenvalue weighted by Gasteiger charge is -2.10. The number of rotatable bonds is 8. The summed E-state index contributed by atoms with van der Waals surface area (Å²) in [6, 6.07) is 13.0. The molecule has 0 fully saturated rings. The Hall–Kier alpha value is -5.57. The van der Waals surface area contributed by atoms with Gasteiger partial charge in [-0.2, -0.15) is 9.78 Å². The molecule has 0 saturated heterocycles. The van der Waals surface area contributed by atoms with Gasteiger partial charge in [-0.05, 0) is 55.8 Å². The van der Waals surface area contributed by atoms with Gasteiger partial charge in [-0.15, -0.1) is 5.92 Å². The third-order valence-corrected chi connectivity index (χ3v) is 5.90. The predicted molar refractivity (Wildman–Crippen MR) is 155 cm³/mol. The van der Waals surface area contributed by atoms with E-state index in [0.717, 1.165) is 17.5 Å². The molecule has 2 aromatic carbocycles. The first-order chi connectivity index (χ1) is 20.7. The van der Waals surface area contributed by atoms with Crippen LogP contribution in [0.4, 0.5) is 24.1 Å². The van der Waals surface area contributed by atoms with Crippen molar-refractivity contribution in [3.05, 3.63) is 101 Å². The van der Waals surface area contributed by atoms with Crippen molar-refractivity contribution in [3.63, 3.8) is 0 Å². The van der Waals surface area contributed by atoms with Crippen LogP contribution >= 0.6 is 0 Å². The molecule has 0 aliphatic heterocycles. The standard InChI is InChI=1S/C31H28F2N6O4/c1-20-16-21(2)39(38-20)31(42)35-14-5-3-4-6-24-18-26(13-15-34-24)43-28-12-11-25(19-27(28)33)36-30(41)37-29(40)17-22-7-9-23(32)10-8-22/h7-13,15-16,18-19H,4,6,14,17H2,1-2H3,(H,35,42)(H2,36,37,40,41). The molecule has 2 aromatic heterocycles. The molecule has 0 aliphatic carbocycles. The van der Waals surface area contributed by atoms with E-state index in [-0.39, 0.29) is 30.4 Å². The van der Waals surface area contributed by atoms with E-state index < -0.39 is 23.6 Å². The summed E-state index contributed by atoms with van der Waals surface area (Å²) in [6.45, 7) is 3.78. The van der Waals surface area contributed by atoms with Crippen LogP contribution in [0.5, 0.6) is 11.5 Å². The first kappa shape index (κ1) is 30.4. The van der Waals surface area contributed by atoms with E-state index in [9.17, 15) is 23.2 Å². The van der Waals surface area contributed by atoms with Crippen LogP contribution in [0.3, 0.4) is 0 Å². The minimum absolute atomic E-state index is 0.0753. The Balaban J connectivity index is 1.23. The molecule has 4 aromatic rings. The molecule has 43 heavy (non-hydrogen) atoms. The maximum absolute atomic E-state index is 14.7. The summed E-state index contributed by atoms with van der Waals surface area (Å²) in [6.07, 6.45) is 2.40. The number of hydrogen-bond donors (Lipinski definition) is 3. The summed E-state index contributed by atoms with van der Waals surface area (Å²) in [7, 11) is 0. The van der Waals surface area contributed by atoms with Crippen LogP contribution in [-0.2, 0) is 17.6 Å². The van der Waals surface area contributed by atoms with Gasteiger partial charge < -0.3 is 15.4 Å². The Morgan fingerprint density at radius 1 is 0.977 bits per heavy atom. The molecule has 12 heteroatoms. The normalized spacial score (nSPS) is 10.3. The number of hydrogen-bond acceptors (Lipinski definition) is 6. The van der Waals surface area contributed by atoms with E-state index in [1.807, 2.05) is 13.0 Å². The molecule has 0 bridgehead atoms. The number of imide groups is 1. The maximum Gasteiger partial charge on any atom is 0.343 e. The second-order valence-corrected chi connectivity index (χ2v) is 9.39. The van der Waals surface area contributed by atoms with Crippen molar-refractivity contribution in [1.29, 1.82) is 0 Å². The number of carbonyl (C=O) groups is 3. The number of benzene rings is 2. The first-order valence-electron chi connectivity index (χ1n) is 13.2. The Labute approximate surface area is 246 Å². The van der Waals surface area contributed by atoms with Crippen molar-refractivity contribution in [2.24, 2.45) is 0 Å². The molecule has 0 aliphatic rings. The van der Waals surface area contributed by atoms with Gasteiger partial charge in [0.25, 0.3) is 0 Å². The largest absolute Gasteiger partial charge is 0.454 e. The van der Waals surface area contributed by atoms with Gasteiger partial charge in [-0.25, -0.2) is 18.4 Å². The summed E-state index contributed by atoms with van der Waals surface area (Å²) in [5, 5.41) is 11.3. The number of carbonyl (C=O) groups excluding carboxylic acids is 3. The highest BCUT2D eigenvalue weighted by Crippen LogP contribution is 2.27. The van der Waals surface area contributed by atoms with Crippen LogP contribution in [-0.4, -0.2) is 39.3 Å². The number of aryl methyl sites for hydroxylation is 3. The van der Waals surface area contributed by atoms with Crippen molar-refractivity contribution >= 4 is 23.7 Å². The topological polar surface area (TPSA) is 127 Å². The second kappa shape index (κ2) is 14.4. The van der Waals surface area contributed by atoms with Gasteiger partial charge in [0, 0.05) is 48.2 Å². The van der Waals surface area contributed by atoms with Crippen molar-refractivity contribution in [2.75, 3.05) is 11.9 Å². The number of nitrogens with zero attached hydrogens (tertiary/aromatic N) is 3. The molecule has 4 rings (SSSR count). The molecule has 0 saturated carbocycles. The summed E-state index contributed by atoms with van der Waals surface area (Å²) in [4.78, 5) is 40.6. The lowest BCUT2D eigenvalue weighted by molar-refractivity contribution is -0.119. The molecular weight excluding hydrogens is 558 g/mol. The summed E-state index contributed by atoms with van der Waals surface area (Å²) < 4.78 is 34.7. The van der Waals surface area contributed by atoms with Crippen LogP contribution in [0, 0.1) is 37.3 Å². The number of urea groups is 1. The van der Waals surface area contributed by atoms with Gasteiger partial charge in [0.05, 0.1) is 18.7 Å². The lowest BCUT2D eigenvalue weighted by Crippen LogP contribution is -2.35. The van der Waals surface area contributed by atoms with Crippen molar-refractivity contribution in [3.8, 4) is 23.3 Å². The number of aromatic nitrogens is 3. The highest BCUT2D eigenvalue weighted by atomic mass is 19.1. The van der Waals surface area contributed by atoms with Gasteiger partial charge in [-0.3, -0.25) is 15.1 Å². The van der Waals surface area contributed by atoms with E-state index in [4.69, 9.17) is 4.74 Å². The van der Waals surface area contributed by atoms with E-state index in [0.29, 0.717) is 29.8 Å². The Morgan fingerprint density at radius 3 is 2.49 bits per heavy atom. The van der Waals surface area contributed by atoms with Gasteiger partial charge in [0.1, 0.15) is 11.6 Å². The Morgan fingerprint density at radius 2 is 1.77 bits per heavy atom. The minimum atomic E-state index is -0.840. The zero-order chi connectivity index (χ0) is 30.8. The van der Waals surface area contributed by atoms with Crippen LogP contribution < -0.4 is 20.7 Å². The third-order valence-electron chi connectivity index (χ3n) is 5.90. The van der Waals surface area contributed by atoms with Crippen molar-refractivity contribution in [1.82, 2.24) is 25.4 Å². The average Bonchev–Trinajstić information content (AvgIpc) is 3.31. The number of anilines is 1. The molecule has 0 radical (unpaired) electrons. The molecule has 0 atom stereocenters. The van der Waals surface area contributed by atoms with Gasteiger partial charge in [0.2, 0.25) is 5.91 Å². The highest BCUT2D eigenvalue weighted by molar-refractivity contribution is 6.01. The monoisotopic (exact) mass is 586 g/mol. The summed E-state index contributed by atoms with van der Waals surface area (Å²) >= 11 is 0. The van der Waals surface area contributed by atoms with Crippen molar-refractivity contribution in [2.45, 2.75) is 33.1 Å². The fraction of sp³-hybridized carbons (Fsp3) is 0.194. The Kier molecular flexibility index (Phi) is 10.1. The third kappa shape index (κ3) is 9.22. The number of amides is 4. The number of halogens is 2. The SMILES string of the molecule is Cc1cc(C)n(C(=O)NCC#CCCc2cc(Oc3ccc(NC(=O)NC(=O)Cc4ccc(F)cc4)cc3F)ccn2)n1. The van der Waals surface area contributed by atoms with Crippen molar-refractivity contribution < 1.29 is 27.9 Å². The average molecular weight is 587 g/mol. The number of ether oxygens (including phenoxy) is 1. The van der Waals surface area contributed by atoms with Gasteiger partial charge in [-0.1, -0.05) is 18.1 Å². The molecule has 4 amide bonds. The molecule has 0 spiro atoms. The molecule has 2 heterocycles. The zero-order valence-electron chi connectivity index (χ0n) is 23.4. The fourth-order valence-electron chi connectivity index (χ4n) is 3.94. The number of nitrogens with one attached hydrogen (secondary N) is 3. The molecule has 10 nitrogen and oxygen atoms in total. The van der Waals surface area contributed by atoms with Crippen LogP contribution in [0.1, 0.15) is 29.1 Å². The summed E-state index contributed by atoms with van der Waals surface area (Å²) in [5.41, 5.74) is 2.81. The first-order valence-corrected chi connectivity index (χ1v) is 13.2. The van der Waals surface area contributed by atoms with Crippen LogP contribution in [0.25, 0.3) is 0 Å². The highest BCUT2D eigenvalue weighted by Gasteiger charge is 2.12. The lowest BCUT2D eigenvalue weighted by atomic mass is 10.1. The zero-order valence-corrected chi connectivity index (χ0v) is 23.4.